The highest BCUT2D eigenvalue weighted by Crippen LogP contribution is 2.10. The third kappa shape index (κ3) is 6.75. The van der Waals surface area contributed by atoms with Crippen molar-refractivity contribution in [2.75, 3.05) is 26.2 Å². The molecule has 0 aliphatic carbocycles. The lowest BCUT2D eigenvalue weighted by molar-refractivity contribution is 0.0971. The van der Waals surface area contributed by atoms with Gasteiger partial charge in [-0.05, 0) is 40.2 Å². The number of carbonyl (C=O) groups is 1. The molecule has 0 aromatic heterocycles. The maximum Gasteiger partial charge on any atom is 0.315 e. The van der Waals surface area contributed by atoms with Gasteiger partial charge < -0.3 is 21.5 Å². The predicted molar refractivity (Wildman–Crippen MR) is 75.9 cm³/mol. The molecule has 1 rings (SSSR count). The number of aliphatic hydroxyl groups excluding tert-OH is 1. The predicted octanol–water partition coefficient (Wildman–Crippen LogP) is -0.132. The third-order valence-corrected chi connectivity index (χ3v) is 3.07. The number of carbonyl (C=O) groups excluding carboxylic acids is 1. The molecule has 6 heteroatoms. The fourth-order valence-electron chi connectivity index (χ4n) is 2.27. The maximum atomic E-state index is 11.8. The van der Waals surface area contributed by atoms with Gasteiger partial charge in [0.05, 0.1) is 6.10 Å². The van der Waals surface area contributed by atoms with Crippen molar-refractivity contribution < 1.29 is 9.90 Å². The van der Waals surface area contributed by atoms with Gasteiger partial charge in [-0.15, -0.1) is 0 Å². The molecule has 0 radical (unpaired) electrons. The monoisotopic (exact) mass is 272 g/mol. The van der Waals surface area contributed by atoms with E-state index in [0.29, 0.717) is 6.54 Å². The van der Waals surface area contributed by atoms with E-state index in [1.54, 1.807) is 0 Å². The number of amides is 2. The molecule has 19 heavy (non-hydrogen) atoms. The summed E-state index contributed by atoms with van der Waals surface area (Å²) >= 11 is 0. The van der Waals surface area contributed by atoms with E-state index in [4.69, 9.17) is 5.73 Å². The quantitative estimate of drug-likeness (QED) is 0.574. The lowest BCUT2D eigenvalue weighted by Gasteiger charge is -2.34. The minimum Gasteiger partial charge on any atom is -0.390 e. The van der Waals surface area contributed by atoms with Gasteiger partial charge in [0.15, 0.2) is 0 Å². The second-order valence-corrected chi connectivity index (χ2v) is 6.34. The summed E-state index contributed by atoms with van der Waals surface area (Å²) in [5.41, 5.74) is 5.19. The molecule has 2 atom stereocenters. The molecule has 1 saturated heterocycles. The van der Waals surface area contributed by atoms with Crippen LogP contribution in [0.2, 0.25) is 0 Å². The van der Waals surface area contributed by atoms with Gasteiger partial charge in [0, 0.05) is 31.2 Å². The van der Waals surface area contributed by atoms with Crippen LogP contribution in [-0.4, -0.2) is 59.9 Å². The van der Waals surface area contributed by atoms with Gasteiger partial charge in [0.25, 0.3) is 0 Å². The van der Waals surface area contributed by atoms with E-state index in [2.05, 4.69) is 15.5 Å². The first kappa shape index (κ1) is 16.2. The fraction of sp³-hybridized carbons (Fsp3) is 0.923. The van der Waals surface area contributed by atoms with Gasteiger partial charge in [-0.25, -0.2) is 4.79 Å². The van der Waals surface area contributed by atoms with Crippen molar-refractivity contribution in [2.45, 2.75) is 51.3 Å². The smallest absolute Gasteiger partial charge is 0.315 e. The summed E-state index contributed by atoms with van der Waals surface area (Å²) in [6.45, 7) is 8.45. The number of nitrogens with zero attached hydrogens (tertiary/aromatic N) is 1. The lowest BCUT2D eigenvalue weighted by Crippen LogP contribution is -2.54. The molecular weight excluding hydrogens is 244 g/mol. The fourth-order valence-corrected chi connectivity index (χ4v) is 2.27. The van der Waals surface area contributed by atoms with Crippen molar-refractivity contribution >= 4 is 6.03 Å². The van der Waals surface area contributed by atoms with Crippen LogP contribution in [0.3, 0.4) is 0 Å². The highest BCUT2D eigenvalue weighted by atomic mass is 16.3. The Morgan fingerprint density at radius 2 is 2.21 bits per heavy atom. The Morgan fingerprint density at radius 1 is 1.53 bits per heavy atom. The molecule has 112 valence electrons. The summed E-state index contributed by atoms with van der Waals surface area (Å²) in [4.78, 5) is 14.0. The SMILES string of the molecule is CC(C)(C)NC(=O)N[C@@H]1CCCN(CC(O)CN)C1. The molecule has 2 amide bonds. The van der Waals surface area contributed by atoms with Gasteiger partial charge in [0.1, 0.15) is 0 Å². The van der Waals surface area contributed by atoms with E-state index in [1.807, 2.05) is 20.8 Å². The van der Waals surface area contributed by atoms with Crippen molar-refractivity contribution in [1.82, 2.24) is 15.5 Å². The van der Waals surface area contributed by atoms with Crippen LogP contribution in [0, 0.1) is 0 Å². The topological polar surface area (TPSA) is 90.6 Å². The van der Waals surface area contributed by atoms with Crippen LogP contribution in [0.5, 0.6) is 0 Å². The molecule has 1 heterocycles. The van der Waals surface area contributed by atoms with E-state index in [-0.39, 0.29) is 24.2 Å². The number of hydrogen-bond acceptors (Lipinski definition) is 4. The summed E-state index contributed by atoms with van der Waals surface area (Å²) in [5, 5.41) is 15.5. The first-order valence-electron chi connectivity index (χ1n) is 6.99. The molecule has 5 N–H and O–H groups in total. The van der Waals surface area contributed by atoms with Crippen molar-refractivity contribution in [1.29, 1.82) is 0 Å². The number of hydrogen-bond donors (Lipinski definition) is 4. The zero-order chi connectivity index (χ0) is 14.5. The van der Waals surface area contributed by atoms with E-state index >= 15 is 0 Å². The van der Waals surface area contributed by atoms with Crippen LogP contribution in [0.4, 0.5) is 4.79 Å². The molecule has 1 aliphatic rings. The third-order valence-electron chi connectivity index (χ3n) is 3.07. The Labute approximate surface area is 115 Å². The van der Waals surface area contributed by atoms with Crippen LogP contribution < -0.4 is 16.4 Å². The molecule has 0 spiro atoms. The van der Waals surface area contributed by atoms with Gasteiger partial charge >= 0.3 is 6.03 Å². The van der Waals surface area contributed by atoms with Crippen molar-refractivity contribution in [3.8, 4) is 0 Å². The van der Waals surface area contributed by atoms with Gasteiger partial charge in [-0.1, -0.05) is 0 Å². The zero-order valence-electron chi connectivity index (χ0n) is 12.3. The summed E-state index contributed by atoms with van der Waals surface area (Å²) in [7, 11) is 0. The minimum absolute atomic E-state index is 0.126. The number of likely N-dealkylation sites (tertiary alicyclic amines) is 1. The highest BCUT2D eigenvalue weighted by molar-refractivity contribution is 5.75. The number of aliphatic hydroxyl groups is 1. The molecule has 1 aliphatic heterocycles. The Bertz CT molecular complexity index is 291. The summed E-state index contributed by atoms with van der Waals surface area (Å²) in [5.74, 6) is 0. The Balaban J connectivity index is 2.36. The number of piperidine rings is 1. The van der Waals surface area contributed by atoms with Crippen LogP contribution in [0.15, 0.2) is 0 Å². The van der Waals surface area contributed by atoms with E-state index < -0.39 is 6.10 Å². The molecule has 6 nitrogen and oxygen atoms in total. The number of urea groups is 1. The molecule has 0 saturated carbocycles. The second kappa shape index (κ2) is 7.07. The number of rotatable bonds is 4. The van der Waals surface area contributed by atoms with E-state index in [1.165, 1.54) is 0 Å². The second-order valence-electron chi connectivity index (χ2n) is 6.34. The first-order chi connectivity index (χ1) is 8.80. The van der Waals surface area contributed by atoms with E-state index in [9.17, 15) is 9.90 Å². The molecule has 0 bridgehead atoms. The van der Waals surface area contributed by atoms with Crippen LogP contribution >= 0.6 is 0 Å². The van der Waals surface area contributed by atoms with Crippen LogP contribution in [0.1, 0.15) is 33.6 Å². The first-order valence-corrected chi connectivity index (χ1v) is 6.99. The molecular formula is C13H28N4O2. The standard InChI is InChI=1S/C13H28N4O2/c1-13(2,3)16-12(19)15-10-5-4-6-17(8-10)9-11(18)7-14/h10-11,18H,4-9,14H2,1-3H3,(H2,15,16,19)/t10-,11?/m1/s1. The van der Waals surface area contributed by atoms with Crippen molar-refractivity contribution in [3.63, 3.8) is 0 Å². The van der Waals surface area contributed by atoms with Crippen molar-refractivity contribution in [3.05, 3.63) is 0 Å². The minimum atomic E-state index is -0.484. The average Bonchev–Trinajstić information content (AvgIpc) is 2.26. The Kier molecular flexibility index (Phi) is 6.03. The Morgan fingerprint density at radius 3 is 2.79 bits per heavy atom. The molecule has 0 aromatic carbocycles. The van der Waals surface area contributed by atoms with Crippen LogP contribution in [0.25, 0.3) is 0 Å². The normalized spacial score (nSPS) is 22.9. The molecule has 1 unspecified atom stereocenters. The number of nitrogens with two attached hydrogens (primary N) is 1. The average molecular weight is 272 g/mol. The lowest BCUT2D eigenvalue weighted by atomic mass is 10.1. The maximum absolute atomic E-state index is 11.8. The number of β-amino-alcohol motifs (C(OH)–C–C–N with tert-alkyl or cyclic N) is 1. The van der Waals surface area contributed by atoms with Gasteiger partial charge in [-0.3, -0.25) is 4.90 Å². The van der Waals surface area contributed by atoms with Gasteiger partial charge in [0.2, 0.25) is 0 Å². The van der Waals surface area contributed by atoms with Gasteiger partial charge in [-0.2, -0.15) is 0 Å². The molecule has 1 fully saturated rings. The summed E-state index contributed by atoms with van der Waals surface area (Å²) < 4.78 is 0. The van der Waals surface area contributed by atoms with Crippen molar-refractivity contribution in [2.24, 2.45) is 5.73 Å². The largest absolute Gasteiger partial charge is 0.390 e. The summed E-state index contributed by atoms with van der Waals surface area (Å²) in [6, 6.07) is 0.0137. The van der Waals surface area contributed by atoms with E-state index in [0.717, 1.165) is 25.9 Å². The summed E-state index contributed by atoms with van der Waals surface area (Å²) in [6.07, 6.45) is 1.52. The number of nitrogens with one attached hydrogen (secondary N) is 2. The van der Waals surface area contributed by atoms with Crippen LogP contribution in [-0.2, 0) is 0 Å². The highest BCUT2D eigenvalue weighted by Gasteiger charge is 2.23. The zero-order valence-corrected chi connectivity index (χ0v) is 12.3. The molecule has 0 aromatic rings. The Hall–Kier alpha value is -0.850.